The predicted octanol–water partition coefficient (Wildman–Crippen LogP) is 0.866. The normalized spacial score (nSPS) is 9.69. The molecule has 0 unspecified atom stereocenters. The van der Waals surface area contributed by atoms with Crippen LogP contribution in [0.15, 0.2) is 0 Å². The van der Waals surface area contributed by atoms with E-state index >= 15 is 0 Å². The highest BCUT2D eigenvalue weighted by atomic mass is 16.2. The highest BCUT2D eigenvalue weighted by Crippen LogP contribution is 2.22. The molecule has 2 amide bonds. The third-order valence-corrected chi connectivity index (χ3v) is 2.18. The van der Waals surface area contributed by atoms with Crippen LogP contribution >= 0.6 is 0 Å². The first kappa shape index (κ1) is 14.7. The van der Waals surface area contributed by atoms with Crippen LogP contribution in [0.1, 0.15) is 40.5 Å². The molecule has 80 valence electrons. The Bertz CT molecular complexity index is 124. The van der Waals surface area contributed by atoms with Crippen LogP contribution in [0.2, 0.25) is 0 Å². The van der Waals surface area contributed by atoms with Crippen LogP contribution in [0.5, 0.6) is 0 Å². The summed E-state index contributed by atoms with van der Waals surface area (Å²) in [5.41, 5.74) is 4.06. The summed E-state index contributed by atoms with van der Waals surface area (Å²) in [5, 5.41) is 0. The maximum atomic E-state index is 9.71. The van der Waals surface area contributed by atoms with Crippen LogP contribution < -0.4 is 22.5 Å². The van der Waals surface area contributed by atoms with Crippen LogP contribution in [0, 0.1) is 5.41 Å². The number of rotatable bonds is 2. The molecule has 5 heteroatoms. The summed E-state index contributed by atoms with van der Waals surface area (Å²) in [6.45, 7) is 9.08. The molecule has 0 bridgehead atoms. The number of amides is 2. The summed E-state index contributed by atoms with van der Waals surface area (Å²) in [4.78, 5) is 9.71. The summed E-state index contributed by atoms with van der Waals surface area (Å²) in [6.07, 6.45) is 2.59. The molecule has 0 rings (SSSR count). The lowest BCUT2D eigenvalue weighted by Gasteiger charge is -2.18. The second-order valence-electron chi connectivity index (χ2n) is 3.49. The molecule has 0 heterocycles. The Morgan fingerprint density at radius 3 is 1.46 bits per heavy atom. The molecule has 13 heavy (non-hydrogen) atoms. The van der Waals surface area contributed by atoms with E-state index in [2.05, 4.69) is 39.4 Å². The van der Waals surface area contributed by atoms with Crippen molar-refractivity contribution in [2.24, 2.45) is 17.1 Å². The molecule has 0 saturated heterocycles. The Balaban J connectivity index is 0. The van der Waals surface area contributed by atoms with Gasteiger partial charge in [0.1, 0.15) is 0 Å². The van der Waals surface area contributed by atoms with Gasteiger partial charge in [0.15, 0.2) is 0 Å². The topological polar surface area (TPSA) is 93.2 Å². The van der Waals surface area contributed by atoms with Gasteiger partial charge in [-0.05, 0) is 5.41 Å². The summed E-state index contributed by atoms with van der Waals surface area (Å²) >= 11 is 0. The summed E-state index contributed by atoms with van der Waals surface area (Å²) in [5.74, 6) is 9.08. The zero-order valence-electron chi connectivity index (χ0n) is 8.98. The number of urea groups is 1. The number of nitrogens with one attached hydrogen (secondary N) is 2. The number of hydrogen-bond donors (Lipinski definition) is 4. The largest absolute Gasteiger partial charge is 0.343 e. The summed E-state index contributed by atoms with van der Waals surface area (Å²) in [7, 11) is 0. The molecule has 0 aliphatic rings. The highest BCUT2D eigenvalue weighted by molar-refractivity contribution is 5.72. The number of nitrogens with two attached hydrogens (primary N) is 2. The van der Waals surface area contributed by atoms with Gasteiger partial charge in [0.2, 0.25) is 0 Å². The second kappa shape index (κ2) is 7.82. The van der Waals surface area contributed by atoms with Crippen LogP contribution in [-0.4, -0.2) is 6.03 Å². The van der Waals surface area contributed by atoms with Gasteiger partial charge in [-0.25, -0.2) is 16.5 Å². The van der Waals surface area contributed by atoms with Crippen molar-refractivity contribution in [3.63, 3.8) is 0 Å². The Labute approximate surface area is 80.2 Å². The van der Waals surface area contributed by atoms with Gasteiger partial charge in [0, 0.05) is 0 Å². The molecular weight excluding hydrogens is 168 g/mol. The van der Waals surface area contributed by atoms with Gasteiger partial charge in [-0.15, -0.1) is 0 Å². The summed E-state index contributed by atoms with van der Waals surface area (Å²) < 4.78 is 0. The van der Waals surface area contributed by atoms with Crippen LogP contribution in [-0.2, 0) is 0 Å². The average Bonchev–Trinajstić information content (AvgIpc) is 2.17. The number of carbonyl (C=O) groups is 1. The third kappa shape index (κ3) is 11.2. The van der Waals surface area contributed by atoms with E-state index in [-0.39, 0.29) is 0 Å². The van der Waals surface area contributed by atoms with E-state index < -0.39 is 6.03 Å². The Hall–Kier alpha value is -0.810. The minimum absolute atomic E-state index is 0.583. The second-order valence-corrected chi connectivity index (χ2v) is 3.49. The van der Waals surface area contributed by atoms with E-state index in [1.165, 1.54) is 12.8 Å². The van der Waals surface area contributed by atoms with Crippen LogP contribution in [0.3, 0.4) is 0 Å². The first-order chi connectivity index (χ1) is 5.93. The number of hydrogen-bond acceptors (Lipinski definition) is 3. The molecule has 0 aliphatic heterocycles. The molecule has 5 nitrogen and oxygen atoms in total. The van der Waals surface area contributed by atoms with Gasteiger partial charge in [-0.3, -0.25) is 10.9 Å². The number of carbonyl (C=O) groups excluding carboxylic acids is 1. The van der Waals surface area contributed by atoms with Crippen molar-refractivity contribution >= 4 is 6.03 Å². The van der Waals surface area contributed by atoms with E-state index in [4.69, 9.17) is 0 Å². The maximum Gasteiger partial charge on any atom is 0.343 e. The molecular formula is C8H22N4O. The van der Waals surface area contributed by atoms with E-state index in [0.717, 1.165) is 0 Å². The first-order valence-corrected chi connectivity index (χ1v) is 4.40. The van der Waals surface area contributed by atoms with Gasteiger partial charge < -0.3 is 0 Å². The smallest absolute Gasteiger partial charge is 0.275 e. The molecule has 0 saturated carbocycles. The minimum atomic E-state index is -0.602. The van der Waals surface area contributed by atoms with Gasteiger partial charge in [-0.2, -0.15) is 0 Å². The molecule has 0 atom stereocenters. The molecule has 0 fully saturated rings. The zero-order chi connectivity index (χ0) is 10.9. The Kier molecular flexibility index (Phi) is 8.84. The molecule has 0 aliphatic carbocycles. The quantitative estimate of drug-likeness (QED) is 0.295. The maximum absolute atomic E-state index is 9.71. The van der Waals surface area contributed by atoms with Crippen molar-refractivity contribution in [1.29, 1.82) is 0 Å². The monoisotopic (exact) mass is 190 g/mol. The SMILES string of the molecule is CCC(C)(C)CC.NNC(=O)NN. The number of hydrazine groups is 2. The fraction of sp³-hybridized carbons (Fsp3) is 0.875. The van der Waals surface area contributed by atoms with Crippen molar-refractivity contribution in [3.05, 3.63) is 0 Å². The zero-order valence-corrected chi connectivity index (χ0v) is 8.98. The molecule has 0 aromatic heterocycles. The first-order valence-electron chi connectivity index (χ1n) is 4.40. The highest BCUT2D eigenvalue weighted by Gasteiger charge is 2.09. The van der Waals surface area contributed by atoms with Gasteiger partial charge in [0.05, 0.1) is 0 Å². The van der Waals surface area contributed by atoms with Crippen molar-refractivity contribution in [1.82, 2.24) is 10.9 Å². The average molecular weight is 190 g/mol. The van der Waals surface area contributed by atoms with Crippen molar-refractivity contribution in [2.45, 2.75) is 40.5 Å². The summed E-state index contributed by atoms with van der Waals surface area (Å²) in [6, 6.07) is -0.602. The predicted molar refractivity (Wildman–Crippen MR) is 54.4 cm³/mol. The lowest BCUT2D eigenvalue weighted by molar-refractivity contribution is 0.241. The van der Waals surface area contributed by atoms with E-state index in [1.54, 1.807) is 10.9 Å². The van der Waals surface area contributed by atoms with Gasteiger partial charge in [0.25, 0.3) is 0 Å². The van der Waals surface area contributed by atoms with Gasteiger partial charge >= 0.3 is 6.03 Å². The lowest BCUT2D eigenvalue weighted by atomic mass is 9.88. The van der Waals surface area contributed by atoms with E-state index in [0.29, 0.717) is 5.41 Å². The fourth-order valence-corrected chi connectivity index (χ4v) is 0.292. The van der Waals surface area contributed by atoms with Crippen molar-refractivity contribution < 1.29 is 4.79 Å². The molecule has 0 aromatic carbocycles. The van der Waals surface area contributed by atoms with Gasteiger partial charge in [-0.1, -0.05) is 40.5 Å². The fourth-order valence-electron chi connectivity index (χ4n) is 0.292. The molecule has 6 N–H and O–H groups in total. The van der Waals surface area contributed by atoms with Crippen molar-refractivity contribution in [3.8, 4) is 0 Å². The van der Waals surface area contributed by atoms with Crippen LogP contribution in [0.25, 0.3) is 0 Å². The van der Waals surface area contributed by atoms with E-state index in [9.17, 15) is 4.79 Å². The Morgan fingerprint density at radius 1 is 1.15 bits per heavy atom. The minimum Gasteiger partial charge on any atom is -0.275 e. The molecule has 0 radical (unpaired) electrons. The van der Waals surface area contributed by atoms with Crippen LogP contribution in [0.4, 0.5) is 4.79 Å². The van der Waals surface area contributed by atoms with Crippen molar-refractivity contribution in [2.75, 3.05) is 0 Å². The molecule has 0 spiro atoms. The molecule has 0 aromatic rings. The van der Waals surface area contributed by atoms with E-state index in [1.807, 2.05) is 0 Å². The standard InChI is InChI=1S/C7H16.CH6N4O/c1-5-7(3,4)6-2;2-4-1(6)5-3/h5-6H2,1-4H3;2-3H2,(H2,4,5,6). The third-order valence-electron chi connectivity index (χ3n) is 2.18. The Morgan fingerprint density at radius 2 is 1.46 bits per heavy atom. The lowest BCUT2D eigenvalue weighted by Crippen LogP contribution is -2.43.